The number of hydrogen-bond donors (Lipinski definition) is 2. The molecule has 1 saturated heterocycles. The molecule has 1 aliphatic rings. The number of likely N-dealkylation sites (N-methyl/N-ethyl adjacent to an activating group) is 2. The minimum atomic E-state index is -1.02. The lowest BCUT2D eigenvalue weighted by Crippen LogP contribution is -2.59. The van der Waals surface area contributed by atoms with Crippen molar-refractivity contribution < 1.29 is 24.2 Å². The summed E-state index contributed by atoms with van der Waals surface area (Å²) >= 11 is 0. The minimum absolute atomic E-state index is 0.00284. The third-order valence-electron chi connectivity index (χ3n) is 5.71. The molecule has 8 heteroatoms. The lowest BCUT2D eigenvalue weighted by molar-refractivity contribution is -0.142. The van der Waals surface area contributed by atoms with Gasteiger partial charge in [0.05, 0.1) is 18.2 Å². The van der Waals surface area contributed by atoms with Gasteiger partial charge in [0.1, 0.15) is 6.04 Å². The van der Waals surface area contributed by atoms with Crippen LogP contribution in [0.15, 0.2) is 11.6 Å². The van der Waals surface area contributed by atoms with E-state index in [4.69, 9.17) is 4.74 Å². The number of piperidine rings is 1. The van der Waals surface area contributed by atoms with E-state index in [2.05, 4.69) is 5.32 Å². The second kappa shape index (κ2) is 11.3. The van der Waals surface area contributed by atoms with Crippen LogP contribution >= 0.6 is 0 Å². The number of amides is 2. The van der Waals surface area contributed by atoms with Gasteiger partial charge in [-0.3, -0.25) is 14.5 Å². The summed E-state index contributed by atoms with van der Waals surface area (Å²) in [6.07, 6.45) is 3.85. The number of rotatable bonds is 9. The van der Waals surface area contributed by atoms with Crippen molar-refractivity contribution in [2.24, 2.45) is 5.92 Å². The Balaban J connectivity index is 3.06. The highest BCUT2D eigenvalue weighted by Gasteiger charge is 2.35. The molecule has 0 bridgehead atoms. The first-order valence-electron chi connectivity index (χ1n) is 10.2. The molecule has 0 radical (unpaired) electrons. The monoisotopic (exact) mass is 411 g/mol. The number of carbonyl (C=O) groups excluding carboxylic acids is 2. The summed E-state index contributed by atoms with van der Waals surface area (Å²) < 4.78 is 5.37. The first-order chi connectivity index (χ1) is 13.5. The summed E-state index contributed by atoms with van der Waals surface area (Å²) in [4.78, 5) is 40.9. The molecule has 29 heavy (non-hydrogen) atoms. The Kier molecular flexibility index (Phi) is 9.79. The van der Waals surface area contributed by atoms with Gasteiger partial charge in [0.2, 0.25) is 11.8 Å². The zero-order chi connectivity index (χ0) is 22.3. The number of likely N-dealkylation sites (tertiary alicyclic amines) is 1. The Morgan fingerprint density at radius 1 is 1.24 bits per heavy atom. The van der Waals surface area contributed by atoms with Crippen LogP contribution in [-0.2, 0) is 19.1 Å². The van der Waals surface area contributed by atoms with Gasteiger partial charge in [-0.25, -0.2) is 4.79 Å². The van der Waals surface area contributed by atoms with Crippen LogP contribution in [0, 0.1) is 5.92 Å². The second-order valence-electron chi connectivity index (χ2n) is 8.26. The molecule has 1 unspecified atom stereocenters. The van der Waals surface area contributed by atoms with Crippen molar-refractivity contribution in [1.29, 1.82) is 0 Å². The summed E-state index contributed by atoms with van der Waals surface area (Å²) in [6.45, 7) is 7.94. The van der Waals surface area contributed by atoms with E-state index in [9.17, 15) is 19.5 Å². The maximum atomic E-state index is 13.3. The summed E-state index contributed by atoms with van der Waals surface area (Å²) in [7, 11) is 5.05. The van der Waals surface area contributed by atoms with Gasteiger partial charge in [-0.2, -0.15) is 0 Å². The SMILES string of the molecule is CO[C@H](C)C(NC(=O)[C@H]1CCCCN1C)C(=O)N(C)[C@H](/C=C(\C)C(=O)O)C(C)C. The molecule has 0 aliphatic carbocycles. The Hall–Kier alpha value is -1.93. The molecule has 4 atom stereocenters. The Bertz CT molecular complexity index is 619. The van der Waals surface area contributed by atoms with Gasteiger partial charge < -0.3 is 20.1 Å². The first-order valence-corrected chi connectivity index (χ1v) is 10.2. The highest BCUT2D eigenvalue weighted by molar-refractivity contribution is 5.91. The number of ether oxygens (including phenoxy) is 1. The van der Waals surface area contributed by atoms with Crippen molar-refractivity contribution in [3.63, 3.8) is 0 Å². The van der Waals surface area contributed by atoms with Crippen molar-refractivity contribution in [2.75, 3.05) is 27.7 Å². The van der Waals surface area contributed by atoms with Gasteiger partial charge in [-0.1, -0.05) is 26.3 Å². The van der Waals surface area contributed by atoms with Gasteiger partial charge in [-0.05, 0) is 46.2 Å². The number of methoxy groups -OCH3 is 1. The quantitative estimate of drug-likeness (QED) is 0.558. The van der Waals surface area contributed by atoms with Crippen LogP contribution in [0.5, 0.6) is 0 Å². The number of hydrogen-bond acceptors (Lipinski definition) is 5. The van der Waals surface area contributed by atoms with Crippen LogP contribution in [-0.4, -0.2) is 84.7 Å². The van der Waals surface area contributed by atoms with Crippen LogP contribution in [0.2, 0.25) is 0 Å². The summed E-state index contributed by atoms with van der Waals surface area (Å²) in [6, 6.07) is -1.53. The average molecular weight is 412 g/mol. The average Bonchev–Trinajstić information content (AvgIpc) is 2.68. The lowest BCUT2D eigenvalue weighted by Gasteiger charge is -2.36. The molecule has 0 aromatic carbocycles. The van der Waals surface area contributed by atoms with Crippen LogP contribution in [0.3, 0.4) is 0 Å². The molecule has 1 rings (SSSR count). The van der Waals surface area contributed by atoms with E-state index in [1.807, 2.05) is 25.8 Å². The molecule has 1 heterocycles. The maximum absolute atomic E-state index is 13.3. The van der Waals surface area contributed by atoms with E-state index in [0.29, 0.717) is 0 Å². The highest BCUT2D eigenvalue weighted by atomic mass is 16.5. The largest absolute Gasteiger partial charge is 0.478 e. The predicted octanol–water partition coefficient (Wildman–Crippen LogP) is 1.50. The van der Waals surface area contributed by atoms with Crippen molar-refractivity contribution in [3.05, 3.63) is 11.6 Å². The molecule has 0 spiro atoms. The molecule has 0 aromatic rings. The molecule has 1 fully saturated rings. The number of nitrogens with one attached hydrogen (secondary N) is 1. The highest BCUT2D eigenvalue weighted by Crippen LogP contribution is 2.18. The fourth-order valence-corrected chi connectivity index (χ4v) is 3.62. The van der Waals surface area contributed by atoms with Crippen molar-refractivity contribution in [3.8, 4) is 0 Å². The summed E-state index contributed by atoms with van der Waals surface area (Å²) in [5.74, 6) is -1.51. The standard InChI is InChI=1S/C21H37N3O5/c1-13(2)17(12-14(3)21(27)28)24(6)20(26)18(15(4)29-7)22-19(25)16-10-8-9-11-23(16)5/h12-13,15-18H,8-11H2,1-7H3,(H,22,25)(H,27,28)/b14-12+/t15-,16-,17-,18?/m1/s1. The Labute approximate surface area is 174 Å². The molecule has 2 N–H and O–H groups in total. The van der Waals surface area contributed by atoms with Crippen LogP contribution < -0.4 is 5.32 Å². The molecule has 166 valence electrons. The Morgan fingerprint density at radius 3 is 2.34 bits per heavy atom. The molecule has 0 saturated carbocycles. The molecule has 0 aromatic heterocycles. The van der Waals surface area contributed by atoms with E-state index < -0.39 is 24.2 Å². The van der Waals surface area contributed by atoms with Crippen LogP contribution in [0.25, 0.3) is 0 Å². The number of aliphatic carboxylic acids is 1. The predicted molar refractivity (Wildman–Crippen MR) is 111 cm³/mol. The third-order valence-corrected chi connectivity index (χ3v) is 5.71. The smallest absolute Gasteiger partial charge is 0.331 e. The van der Waals surface area contributed by atoms with Gasteiger partial charge in [0.25, 0.3) is 0 Å². The van der Waals surface area contributed by atoms with E-state index >= 15 is 0 Å². The Morgan fingerprint density at radius 2 is 1.86 bits per heavy atom. The van der Waals surface area contributed by atoms with Crippen molar-refractivity contribution in [2.45, 2.75) is 71.2 Å². The molecular weight excluding hydrogens is 374 g/mol. The maximum Gasteiger partial charge on any atom is 0.331 e. The number of carboxylic acid groups (broad SMARTS) is 1. The topological polar surface area (TPSA) is 99.2 Å². The molecule has 8 nitrogen and oxygen atoms in total. The fraction of sp³-hybridized carbons (Fsp3) is 0.762. The van der Waals surface area contributed by atoms with Gasteiger partial charge in [0.15, 0.2) is 0 Å². The molecule has 1 aliphatic heterocycles. The van der Waals surface area contributed by atoms with Crippen LogP contribution in [0.4, 0.5) is 0 Å². The van der Waals surface area contributed by atoms with E-state index in [1.165, 1.54) is 18.9 Å². The number of nitrogens with zero attached hydrogens (tertiary/aromatic N) is 2. The normalized spacial score (nSPS) is 21.4. The minimum Gasteiger partial charge on any atom is -0.478 e. The third kappa shape index (κ3) is 6.82. The fourth-order valence-electron chi connectivity index (χ4n) is 3.62. The van der Waals surface area contributed by atoms with Gasteiger partial charge in [-0.15, -0.1) is 0 Å². The lowest BCUT2D eigenvalue weighted by atomic mass is 9.98. The number of carboxylic acids is 1. The van der Waals surface area contributed by atoms with E-state index in [-0.39, 0.29) is 29.3 Å². The van der Waals surface area contributed by atoms with Gasteiger partial charge in [0, 0.05) is 19.7 Å². The zero-order valence-corrected chi connectivity index (χ0v) is 18.8. The molecule has 2 amide bonds. The summed E-state index contributed by atoms with van der Waals surface area (Å²) in [5, 5.41) is 12.1. The van der Waals surface area contributed by atoms with Crippen molar-refractivity contribution in [1.82, 2.24) is 15.1 Å². The second-order valence-corrected chi connectivity index (χ2v) is 8.26. The van der Waals surface area contributed by atoms with Gasteiger partial charge >= 0.3 is 5.97 Å². The van der Waals surface area contributed by atoms with E-state index in [1.54, 1.807) is 20.0 Å². The number of carbonyl (C=O) groups is 3. The molecular formula is C21H37N3O5. The van der Waals surface area contributed by atoms with Crippen molar-refractivity contribution >= 4 is 17.8 Å². The van der Waals surface area contributed by atoms with E-state index in [0.717, 1.165) is 25.8 Å². The van der Waals surface area contributed by atoms with Crippen LogP contribution in [0.1, 0.15) is 47.0 Å². The first kappa shape index (κ1) is 25.1. The summed E-state index contributed by atoms with van der Waals surface area (Å²) in [5.41, 5.74) is 0.174. The zero-order valence-electron chi connectivity index (χ0n) is 18.8.